The molecule has 25 heavy (non-hydrogen) atoms. The highest BCUT2D eigenvalue weighted by Crippen LogP contribution is 2.34. The number of piperidine rings is 1. The van der Waals surface area contributed by atoms with E-state index in [0.717, 1.165) is 51.1 Å². The monoisotopic (exact) mass is 347 g/mol. The first kappa shape index (κ1) is 16.8. The van der Waals surface area contributed by atoms with Crippen molar-refractivity contribution >= 4 is 6.03 Å². The third-order valence-electron chi connectivity index (χ3n) is 5.68. The first-order chi connectivity index (χ1) is 12.3. The Labute approximate surface area is 148 Å². The fourth-order valence-corrected chi connectivity index (χ4v) is 4.01. The fraction of sp³-hybridized carbons (Fsp3) is 0.882. The first-order valence-electron chi connectivity index (χ1n) is 9.84. The summed E-state index contributed by atoms with van der Waals surface area (Å²) in [4.78, 5) is 14.6. The van der Waals surface area contributed by atoms with Gasteiger partial charge in [-0.05, 0) is 49.0 Å². The van der Waals surface area contributed by atoms with Gasteiger partial charge in [0.05, 0.1) is 12.6 Å². The molecule has 4 rings (SSSR count). The highest BCUT2D eigenvalue weighted by Gasteiger charge is 2.29. The van der Waals surface area contributed by atoms with Gasteiger partial charge < -0.3 is 10.6 Å². The minimum atomic E-state index is 0.0167. The molecule has 3 aliphatic rings. The van der Waals surface area contributed by atoms with Crippen LogP contribution in [0.15, 0.2) is 0 Å². The van der Waals surface area contributed by atoms with Crippen molar-refractivity contribution < 1.29 is 4.79 Å². The van der Waals surface area contributed by atoms with Crippen molar-refractivity contribution in [2.45, 2.75) is 82.5 Å². The number of nitrogens with one attached hydrogen (secondary N) is 2. The summed E-state index contributed by atoms with van der Waals surface area (Å²) >= 11 is 0. The Hall–Kier alpha value is -1.70. The summed E-state index contributed by atoms with van der Waals surface area (Å²) in [6, 6.07) is 1.19. The van der Waals surface area contributed by atoms with Crippen LogP contribution in [-0.4, -0.2) is 56.3 Å². The van der Waals surface area contributed by atoms with Gasteiger partial charge in [0.1, 0.15) is 0 Å². The summed E-state index contributed by atoms with van der Waals surface area (Å²) in [5.74, 6) is 0.976. The molecule has 0 atom stereocenters. The first-order valence-corrected chi connectivity index (χ1v) is 9.84. The third-order valence-corrected chi connectivity index (χ3v) is 5.68. The maximum atomic E-state index is 12.2. The molecule has 2 aliphatic carbocycles. The van der Waals surface area contributed by atoms with Gasteiger partial charge in [0.15, 0.2) is 5.82 Å². The van der Waals surface area contributed by atoms with Crippen LogP contribution in [-0.2, 0) is 6.54 Å². The second-order valence-corrected chi connectivity index (χ2v) is 7.77. The van der Waals surface area contributed by atoms with Crippen LogP contribution in [0.4, 0.5) is 4.79 Å². The number of urea groups is 1. The smallest absolute Gasteiger partial charge is 0.315 e. The van der Waals surface area contributed by atoms with Gasteiger partial charge in [-0.1, -0.05) is 19.3 Å². The van der Waals surface area contributed by atoms with Crippen LogP contribution in [0.1, 0.15) is 69.7 Å². The van der Waals surface area contributed by atoms with Crippen LogP contribution >= 0.6 is 0 Å². The number of likely N-dealkylation sites (tertiary alicyclic amines) is 1. The highest BCUT2D eigenvalue weighted by molar-refractivity contribution is 5.74. The molecular weight excluding hydrogens is 318 g/mol. The second-order valence-electron chi connectivity index (χ2n) is 7.77. The molecule has 8 heteroatoms. The van der Waals surface area contributed by atoms with Gasteiger partial charge in [0.25, 0.3) is 0 Å². The van der Waals surface area contributed by atoms with Crippen molar-refractivity contribution in [2.24, 2.45) is 0 Å². The lowest BCUT2D eigenvalue weighted by Gasteiger charge is -2.32. The maximum absolute atomic E-state index is 12.2. The zero-order valence-corrected chi connectivity index (χ0v) is 14.9. The van der Waals surface area contributed by atoms with E-state index in [4.69, 9.17) is 0 Å². The third kappa shape index (κ3) is 4.48. The van der Waals surface area contributed by atoms with Crippen LogP contribution in [0.3, 0.4) is 0 Å². The molecule has 138 valence electrons. The summed E-state index contributed by atoms with van der Waals surface area (Å²) in [6.45, 7) is 2.77. The quantitative estimate of drug-likeness (QED) is 0.845. The zero-order chi connectivity index (χ0) is 17.1. The number of carbonyl (C=O) groups is 1. The zero-order valence-electron chi connectivity index (χ0n) is 14.9. The van der Waals surface area contributed by atoms with Gasteiger partial charge in [-0.25, -0.2) is 9.48 Å². The topological polar surface area (TPSA) is 88.0 Å². The molecule has 1 saturated heterocycles. The molecule has 0 radical (unpaired) electrons. The van der Waals surface area contributed by atoms with E-state index in [9.17, 15) is 4.79 Å². The van der Waals surface area contributed by atoms with Gasteiger partial charge in [-0.3, -0.25) is 4.90 Å². The predicted octanol–water partition coefficient (Wildman–Crippen LogP) is 1.60. The lowest BCUT2D eigenvalue weighted by Crippen LogP contribution is -2.50. The predicted molar refractivity (Wildman–Crippen MR) is 92.9 cm³/mol. The number of hydrogen-bond acceptors (Lipinski definition) is 5. The maximum Gasteiger partial charge on any atom is 0.315 e. The van der Waals surface area contributed by atoms with E-state index in [2.05, 4.69) is 31.1 Å². The van der Waals surface area contributed by atoms with Crippen LogP contribution in [0, 0.1) is 0 Å². The number of nitrogens with zero attached hydrogens (tertiary/aromatic N) is 5. The molecule has 2 heterocycles. The minimum Gasteiger partial charge on any atom is -0.335 e. The molecule has 2 saturated carbocycles. The molecule has 2 N–H and O–H groups in total. The Morgan fingerprint density at radius 1 is 0.960 bits per heavy atom. The normalized spacial score (nSPS) is 23.5. The average Bonchev–Trinajstić information content (AvgIpc) is 3.37. The van der Waals surface area contributed by atoms with Gasteiger partial charge in [0, 0.05) is 25.2 Å². The molecule has 8 nitrogen and oxygen atoms in total. The molecule has 0 bridgehead atoms. The van der Waals surface area contributed by atoms with Gasteiger partial charge in [-0.15, -0.1) is 5.10 Å². The number of tetrazole rings is 1. The molecule has 1 aromatic heterocycles. The molecular formula is C17H29N7O. The van der Waals surface area contributed by atoms with Crippen LogP contribution < -0.4 is 10.6 Å². The van der Waals surface area contributed by atoms with Gasteiger partial charge >= 0.3 is 6.03 Å². The van der Waals surface area contributed by atoms with Crippen molar-refractivity contribution in [2.75, 3.05) is 13.1 Å². The number of carbonyl (C=O) groups excluding carboxylic acids is 1. The summed E-state index contributed by atoms with van der Waals surface area (Å²) in [5.41, 5.74) is 0. The van der Waals surface area contributed by atoms with E-state index in [0.29, 0.717) is 12.1 Å². The lowest BCUT2D eigenvalue weighted by atomic mass is 9.96. The van der Waals surface area contributed by atoms with E-state index >= 15 is 0 Å². The number of rotatable bonds is 5. The van der Waals surface area contributed by atoms with Crippen molar-refractivity contribution in [1.29, 1.82) is 0 Å². The number of aromatic nitrogens is 4. The van der Waals surface area contributed by atoms with Crippen LogP contribution in [0.5, 0.6) is 0 Å². The fourth-order valence-electron chi connectivity index (χ4n) is 4.01. The summed E-state index contributed by atoms with van der Waals surface area (Å²) in [5, 5.41) is 18.4. The lowest BCUT2D eigenvalue weighted by molar-refractivity contribution is 0.179. The summed E-state index contributed by atoms with van der Waals surface area (Å²) < 4.78 is 1.99. The largest absolute Gasteiger partial charge is 0.335 e. The molecule has 1 aliphatic heterocycles. The average molecular weight is 347 g/mol. The van der Waals surface area contributed by atoms with Gasteiger partial charge in [0.2, 0.25) is 0 Å². The van der Waals surface area contributed by atoms with Crippen LogP contribution in [0.25, 0.3) is 0 Å². The van der Waals surface area contributed by atoms with E-state index in [-0.39, 0.29) is 12.1 Å². The molecule has 2 amide bonds. The van der Waals surface area contributed by atoms with Crippen molar-refractivity contribution in [1.82, 2.24) is 35.7 Å². The highest BCUT2D eigenvalue weighted by atomic mass is 16.2. The molecule has 3 fully saturated rings. The SMILES string of the molecule is O=C(NC1CCCCC1)NC1CCN(Cc2nnnn2C2CC2)CC1. The van der Waals surface area contributed by atoms with E-state index in [1.165, 1.54) is 32.1 Å². The van der Waals surface area contributed by atoms with Crippen molar-refractivity contribution in [3.8, 4) is 0 Å². The van der Waals surface area contributed by atoms with E-state index in [1.54, 1.807) is 0 Å². The standard InChI is InChI=1S/C17H29N7O/c25-17(18-13-4-2-1-3-5-13)19-14-8-10-23(11-9-14)12-16-20-21-22-24(16)15-6-7-15/h13-15H,1-12H2,(H2,18,19,25). The van der Waals surface area contributed by atoms with E-state index in [1.807, 2.05) is 4.68 Å². The molecule has 0 spiro atoms. The van der Waals surface area contributed by atoms with E-state index < -0.39 is 0 Å². The number of hydrogen-bond donors (Lipinski definition) is 2. The minimum absolute atomic E-state index is 0.0167. The molecule has 1 aromatic rings. The molecule has 0 aromatic carbocycles. The van der Waals surface area contributed by atoms with Crippen LogP contribution in [0.2, 0.25) is 0 Å². The Kier molecular flexibility index (Phi) is 5.14. The Balaban J connectivity index is 1.19. The Morgan fingerprint density at radius 2 is 1.64 bits per heavy atom. The molecule has 0 unspecified atom stereocenters. The Bertz CT molecular complexity index is 571. The van der Waals surface area contributed by atoms with Crippen molar-refractivity contribution in [3.05, 3.63) is 5.82 Å². The second kappa shape index (κ2) is 7.68. The van der Waals surface area contributed by atoms with Crippen molar-refractivity contribution in [3.63, 3.8) is 0 Å². The summed E-state index contributed by atoms with van der Waals surface area (Å²) in [6.07, 6.45) is 10.4. The van der Waals surface area contributed by atoms with Gasteiger partial charge in [-0.2, -0.15) is 0 Å². The summed E-state index contributed by atoms with van der Waals surface area (Å²) in [7, 11) is 0. The Morgan fingerprint density at radius 3 is 2.32 bits per heavy atom. The number of amides is 2.